The van der Waals surface area contributed by atoms with E-state index in [-0.39, 0.29) is 11.7 Å². The number of likely N-dealkylation sites (tertiary alicyclic amines) is 1. The molecule has 5 rings (SSSR count). The van der Waals surface area contributed by atoms with Gasteiger partial charge in [-0.05, 0) is 69.1 Å². The normalized spacial score (nSPS) is 18.8. The Labute approximate surface area is 168 Å². The van der Waals surface area contributed by atoms with Gasteiger partial charge in [-0.2, -0.15) is 4.52 Å². The van der Waals surface area contributed by atoms with Crippen LogP contribution in [0, 0.1) is 11.6 Å². The zero-order valence-electron chi connectivity index (χ0n) is 16.3. The zero-order valence-corrected chi connectivity index (χ0v) is 16.3. The van der Waals surface area contributed by atoms with Crippen LogP contribution in [-0.4, -0.2) is 50.9 Å². The second kappa shape index (κ2) is 7.67. The van der Waals surface area contributed by atoms with E-state index in [9.17, 15) is 8.78 Å². The maximum absolute atomic E-state index is 13.9. The molecule has 0 unspecified atom stereocenters. The molecule has 2 fully saturated rings. The molecular weight excluding hydrogens is 374 g/mol. The number of aromatic nitrogens is 4. The molecule has 0 spiro atoms. The molecule has 2 aliphatic heterocycles. The van der Waals surface area contributed by atoms with E-state index in [2.05, 4.69) is 20.0 Å². The van der Waals surface area contributed by atoms with Crippen LogP contribution in [0.5, 0.6) is 0 Å². The first-order valence-electron chi connectivity index (χ1n) is 10.3. The number of nitrogens with zero attached hydrogens (tertiary/aromatic N) is 6. The number of halogens is 2. The molecule has 0 amide bonds. The van der Waals surface area contributed by atoms with Crippen molar-refractivity contribution in [2.75, 3.05) is 31.1 Å². The van der Waals surface area contributed by atoms with Crippen molar-refractivity contribution in [1.82, 2.24) is 24.7 Å². The van der Waals surface area contributed by atoms with Gasteiger partial charge >= 0.3 is 0 Å². The molecule has 152 valence electrons. The molecule has 0 saturated carbocycles. The molecule has 2 aromatic heterocycles. The van der Waals surface area contributed by atoms with E-state index in [1.807, 2.05) is 16.6 Å². The highest BCUT2D eigenvalue weighted by Crippen LogP contribution is 2.28. The second-order valence-corrected chi connectivity index (χ2v) is 8.00. The Morgan fingerprint density at radius 3 is 2.52 bits per heavy atom. The number of benzene rings is 1. The van der Waals surface area contributed by atoms with Crippen LogP contribution >= 0.6 is 0 Å². The average Bonchev–Trinajstić information content (AvgIpc) is 3.41. The molecular formula is C21H24F2N6. The number of piperidine rings is 1. The third-order valence-corrected chi connectivity index (χ3v) is 6.06. The smallest absolute Gasteiger partial charge is 0.178 e. The highest BCUT2D eigenvalue weighted by molar-refractivity contribution is 5.46. The van der Waals surface area contributed by atoms with E-state index < -0.39 is 5.82 Å². The maximum atomic E-state index is 13.9. The summed E-state index contributed by atoms with van der Waals surface area (Å²) in [4.78, 5) is 4.47. The Bertz CT molecular complexity index is 1010. The molecule has 1 aromatic carbocycles. The Morgan fingerprint density at radius 1 is 0.931 bits per heavy atom. The maximum Gasteiger partial charge on any atom is 0.178 e. The van der Waals surface area contributed by atoms with Crippen LogP contribution in [0.25, 0.3) is 5.65 Å². The second-order valence-electron chi connectivity index (χ2n) is 8.00. The number of hydrogen-bond acceptors (Lipinski definition) is 5. The van der Waals surface area contributed by atoms with Crippen molar-refractivity contribution in [3.05, 3.63) is 53.4 Å². The summed E-state index contributed by atoms with van der Waals surface area (Å²) >= 11 is 0. The first kappa shape index (κ1) is 18.4. The quantitative estimate of drug-likeness (QED) is 0.674. The Kier molecular flexibility index (Phi) is 4.87. The summed E-state index contributed by atoms with van der Waals surface area (Å²) in [6, 6.07) is 7.65. The van der Waals surface area contributed by atoms with Gasteiger partial charge in [-0.3, -0.25) is 4.90 Å². The highest BCUT2D eigenvalue weighted by atomic mass is 19.1. The van der Waals surface area contributed by atoms with Crippen LogP contribution in [0.2, 0.25) is 0 Å². The SMILES string of the molecule is Fc1ccc(F)c(CN2CCC(c3nnc4ccc(N5CCCC5)nn34)CC2)c1. The van der Waals surface area contributed by atoms with Crippen molar-refractivity contribution in [3.8, 4) is 0 Å². The molecule has 0 atom stereocenters. The van der Waals surface area contributed by atoms with Crippen LogP contribution in [0.15, 0.2) is 30.3 Å². The lowest BCUT2D eigenvalue weighted by Gasteiger charge is -2.31. The number of anilines is 1. The van der Waals surface area contributed by atoms with Crippen molar-refractivity contribution in [2.45, 2.75) is 38.1 Å². The molecule has 2 saturated heterocycles. The molecule has 8 heteroatoms. The van der Waals surface area contributed by atoms with E-state index in [1.165, 1.54) is 25.0 Å². The van der Waals surface area contributed by atoms with Crippen LogP contribution in [0.3, 0.4) is 0 Å². The summed E-state index contributed by atoms with van der Waals surface area (Å²) < 4.78 is 29.3. The highest BCUT2D eigenvalue weighted by Gasteiger charge is 2.26. The van der Waals surface area contributed by atoms with Gasteiger partial charge in [0.2, 0.25) is 0 Å². The molecule has 3 aromatic rings. The van der Waals surface area contributed by atoms with E-state index in [0.717, 1.165) is 62.4 Å². The minimum absolute atomic E-state index is 0.264. The first-order chi connectivity index (χ1) is 14.2. The van der Waals surface area contributed by atoms with Crippen molar-refractivity contribution in [2.24, 2.45) is 0 Å². The molecule has 0 bridgehead atoms. The fraction of sp³-hybridized carbons (Fsp3) is 0.476. The number of fused-ring (bicyclic) bond motifs is 1. The molecule has 4 heterocycles. The first-order valence-corrected chi connectivity index (χ1v) is 10.3. The Hall–Kier alpha value is -2.61. The molecule has 0 N–H and O–H groups in total. The van der Waals surface area contributed by atoms with Gasteiger partial charge in [-0.1, -0.05) is 0 Å². The van der Waals surface area contributed by atoms with Crippen molar-refractivity contribution >= 4 is 11.5 Å². The molecule has 6 nitrogen and oxygen atoms in total. The van der Waals surface area contributed by atoms with Gasteiger partial charge in [0, 0.05) is 31.1 Å². The summed E-state index contributed by atoms with van der Waals surface area (Å²) in [7, 11) is 0. The van der Waals surface area contributed by atoms with Gasteiger partial charge in [0.1, 0.15) is 17.5 Å². The largest absolute Gasteiger partial charge is 0.355 e. The Morgan fingerprint density at radius 2 is 1.72 bits per heavy atom. The third kappa shape index (κ3) is 3.69. The van der Waals surface area contributed by atoms with Crippen molar-refractivity contribution in [1.29, 1.82) is 0 Å². The predicted octanol–water partition coefficient (Wildman–Crippen LogP) is 3.38. The number of rotatable bonds is 4. The zero-order chi connectivity index (χ0) is 19.8. The van der Waals surface area contributed by atoms with Gasteiger partial charge in [0.15, 0.2) is 11.5 Å². The molecule has 2 aliphatic rings. The standard InChI is InChI=1S/C21H24F2N6/c22-17-3-4-18(23)16(13-17)14-27-11-7-15(8-12-27)21-25-24-19-5-6-20(26-29(19)21)28-9-1-2-10-28/h3-6,13,15H,1-2,7-12,14H2. The number of hydrogen-bond donors (Lipinski definition) is 0. The fourth-order valence-electron chi connectivity index (χ4n) is 4.42. The lowest BCUT2D eigenvalue weighted by Crippen LogP contribution is -2.33. The summed E-state index contributed by atoms with van der Waals surface area (Å²) in [6.07, 6.45) is 4.21. The van der Waals surface area contributed by atoms with Gasteiger partial charge in [-0.25, -0.2) is 8.78 Å². The summed E-state index contributed by atoms with van der Waals surface area (Å²) in [5.74, 6) is 1.40. The summed E-state index contributed by atoms with van der Waals surface area (Å²) in [5.41, 5.74) is 1.18. The van der Waals surface area contributed by atoms with Gasteiger partial charge in [0.25, 0.3) is 0 Å². The molecule has 0 radical (unpaired) electrons. The predicted molar refractivity (Wildman–Crippen MR) is 106 cm³/mol. The lowest BCUT2D eigenvalue weighted by atomic mass is 9.95. The molecule has 0 aliphatic carbocycles. The Balaban J connectivity index is 1.29. The summed E-state index contributed by atoms with van der Waals surface area (Å²) in [5, 5.41) is 13.5. The minimum Gasteiger partial charge on any atom is -0.355 e. The van der Waals surface area contributed by atoms with E-state index in [1.54, 1.807) is 0 Å². The van der Waals surface area contributed by atoms with Crippen LogP contribution < -0.4 is 4.90 Å². The summed E-state index contributed by atoms with van der Waals surface area (Å²) in [6.45, 7) is 4.13. The van der Waals surface area contributed by atoms with E-state index in [0.29, 0.717) is 12.1 Å². The monoisotopic (exact) mass is 398 g/mol. The fourth-order valence-corrected chi connectivity index (χ4v) is 4.42. The van der Waals surface area contributed by atoms with Crippen LogP contribution in [0.1, 0.15) is 43.0 Å². The lowest BCUT2D eigenvalue weighted by molar-refractivity contribution is 0.198. The van der Waals surface area contributed by atoms with Crippen LogP contribution in [0.4, 0.5) is 14.6 Å². The third-order valence-electron chi connectivity index (χ3n) is 6.06. The van der Waals surface area contributed by atoms with Gasteiger partial charge < -0.3 is 4.90 Å². The minimum atomic E-state index is -0.397. The van der Waals surface area contributed by atoms with Gasteiger partial charge in [-0.15, -0.1) is 15.3 Å². The van der Waals surface area contributed by atoms with E-state index >= 15 is 0 Å². The van der Waals surface area contributed by atoms with Gasteiger partial charge in [0.05, 0.1) is 0 Å². The van der Waals surface area contributed by atoms with E-state index in [4.69, 9.17) is 5.10 Å². The average molecular weight is 398 g/mol. The van der Waals surface area contributed by atoms with Crippen molar-refractivity contribution < 1.29 is 8.78 Å². The van der Waals surface area contributed by atoms with Crippen LogP contribution in [-0.2, 0) is 6.54 Å². The molecule has 29 heavy (non-hydrogen) atoms. The van der Waals surface area contributed by atoms with Crippen molar-refractivity contribution in [3.63, 3.8) is 0 Å². The topological polar surface area (TPSA) is 49.6 Å².